The summed E-state index contributed by atoms with van der Waals surface area (Å²) < 4.78 is 6.24. The van der Waals surface area contributed by atoms with Crippen molar-refractivity contribution < 1.29 is 24.2 Å². The van der Waals surface area contributed by atoms with Gasteiger partial charge in [0.25, 0.3) is 0 Å². The second-order valence-corrected chi connectivity index (χ2v) is 23.1. The number of nitrogens with zero attached hydrogens (tertiary/aromatic N) is 2. The highest BCUT2D eigenvalue weighted by atomic mass is 16.5. The monoisotopic (exact) mass is 794 g/mol. The Bertz CT molecular complexity index is 1950. The molecule has 2 aromatic rings. The lowest BCUT2D eigenvalue weighted by Gasteiger charge is -2.73. The molecule has 316 valence electrons. The van der Waals surface area contributed by atoms with Crippen LogP contribution in [0.2, 0.25) is 0 Å². The highest BCUT2D eigenvalue weighted by Crippen LogP contribution is 2.79. The largest absolute Gasteiger partial charge is 0.481 e. The van der Waals surface area contributed by atoms with Crippen LogP contribution < -0.4 is 0 Å². The summed E-state index contributed by atoms with van der Waals surface area (Å²) in [6.07, 6.45) is 17.1. The Morgan fingerprint density at radius 1 is 0.828 bits per heavy atom. The Morgan fingerprint density at radius 2 is 1.57 bits per heavy atom. The van der Waals surface area contributed by atoms with Crippen LogP contribution in [-0.4, -0.2) is 50.5 Å². The molecule has 0 bridgehead atoms. The van der Waals surface area contributed by atoms with Crippen LogP contribution >= 0.6 is 0 Å². The summed E-state index contributed by atoms with van der Waals surface area (Å²) in [7, 11) is 0. The molecule has 8 heteroatoms. The highest BCUT2D eigenvalue weighted by molar-refractivity contribution is 5.85. The van der Waals surface area contributed by atoms with E-state index in [1.54, 1.807) is 13.8 Å². The minimum atomic E-state index is -1.15. The zero-order valence-corrected chi connectivity index (χ0v) is 36.8. The zero-order valence-electron chi connectivity index (χ0n) is 36.8. The lowest BCUT2D eigenvalue weighted by Crippen LogP contribution is -2.67. The lowest BCUT2D eigenvalue weighted by atomic mass is 9.32. The molecule has 1 amide bonds. The van der Waals surface area contributed by atoms with Crippen LogP contribution in [0.3, 0.4) is 0 Å². The first-order chi connectivity index (χ1) is 27.3. The summed E-state index contributed by atoms with van der Waals surface area (Å²) in [6.45, 7) is 19.2. The summed E-state index contributed by atoms with van der Waals surface area (Å²) in [5.41, 5.74) is 1.31. The van der Waals surface area contributed by atoms with E-state index in [0.717, 1.165) is 75.0 Å². The SMILES string of the molecule is CC(C)(CC(=O)O[C@H]1CC[C@]2(C)[C@H]3CC[C@@H]4[C@H]5[C@H](C6(C)CC6)CC[C@]5(C(=O)N5CCC[C@H]5c5ncc(-c6ccccc6)[nH]5)CC[C@@]4(C)[C@]3(C)CC[C@H]2C1(C)C)C(=O)O. The molecule has 7 aliphatic rings. The molecule has 6 aliphatic carbocycles. The van der Waals surface area contributed by atoms with E-state index in [1.807, 2.05) is 12.3 Å². The molecular weight excluding hydrogens is 723 g/mol. The minimum Gasteiger partial charge on any atom is -0.481 e. The van der Waals surface area contributed by atoms with Crippen molar-refractivity contribution in [2.24, 2.45) is 67.5 Å². The molecule has 1 saturated heterocycles. The summed E-state index contributed by atoms with van der Waals surface area (Å²) in [5, 5.41) is 9.68. The van der Waals surface area contributed by atoms with Crippen molar-refractivity contribution >= 4 is 17.8 Å². The first-order valence-corrected chi connectivity index (χ1v) is 23.2. The third kappa shape index (κ3) is 5.77. The zero-order chi connectivity index (χ0) is 41.3. The Labute approximate surface area is 347 Å². The van der Waals surface area contributed by atoms with Gasteiger partial charge < -0.3 is 19.7 Å². The van der Waals surface area contributed by atoms with Crippen molar-refractivity contribution in [1.29, 1.82) is 0 Å². The van der Waals surface area contributed by atoms with E-state index in [4.69, 9.17) is 9.72 Å². The predicted molar refractivity (Wildman–Crippen MR) is 225 cm³/mol. The molecule has 9 rings (SSSR count). The summed E-state index contributed by atoms with van der Waals surface area (Å²) in [6, 6.07) is 10.4. The van der Waals surface area contributed by atoms with E-state index in [2.05, 4.69) is 75.7 Å². The van der Waals surface area contributed by atoms with Crippen molar-refractivity contribution in [3.05, 3.63) is 42.4 Å². The van der Waals surface area contributed by atoms with Crippen molar-refractivity contribution in [3.63, 3.8) is 0 Å². The van der Waals surface area contributed by atoms with Gasteiger partial charge in [0, 0.05) is 12.0 Å². The second-order valence-electron chi connectivity index (χ2n) is 23.1. The number of carboxylic acids is 1. The number of amides is 1. The number of imidazole rings is 1. The topological polar surface area (TPSA) is 113 Å². The summed E-state index contributed by atoms with van der Waals surface area (Å²) in [5.74, 6) is 2.58. The van der Waals surface area contributed by atoms with Gasteiger partial charge in [-0.3, -0.25) is 14.4 Å². The molecule has 1 aromatic heterocycles. The first-order valence-electron chi connectivity index (χ1n) is 23.2. The maximum atomic E-state index is 15.6. The molecule has 0 spiro atoms. The molecule has 0 radical (unpaired) electrons. The Balaban J connectivity index is 0.991. The van der Waals surface area contributed by atoms with E-state index in [-0.39, 0.29) is 51.6 Å². The van der Waals surface area contributed by atoms with Gasteiger partial charge in [0.2, 0.25) is 5.91 Å². The fourth-order valence-electron chi connectivity index (χ4n) is 16.0. The van der Waals surface area contributed by atoms with Gasteiger partial charge in [-0.15, -0.1) is 0 Å². The fourth-order valence-corrected chi connectivity index (χ4v) is 16.0. The summed E-state index contributed by atoms with van der Waals surface area (Å²) >= 11 is 0. The van der Waals surface area contributed by atoms with Crippen molar-refractivity contribution in [1.82, 2.24) is 14.9 Å². The number of esters is 1. The average Bonchev–Trinajstić information content (AvgIpc) is 3.56. The molecule has 1 aromatic carbocycles. The number of likely N-dealkylation sites (tertiary alicyclic amines) is 1. The summed E-state index contributed by atoms with van der Waals surface area (Å²) in [4.78, 5) is 51.5. The molecule has 8 nitrogen and oxygen atoms in total. The van der Waals surface area contributed by atoms with Gasteiger partial charge in [0.15, 0.2) is 0 Å². The Hall–Kier alpha value is -3.16. The normalized spacial score (nSPS) is 41.1. The second kappa shape index (κ2) is 13.4. The van der Waals surface area contributed by atoms with Gasteiger partial charge >= 0.3 is 11.9 Å². The number of fused-ring (bicyclic) bond motifs is 7. The number of nitrogens with one attached hydrogen (secondary N) is 1. The first kappa shape index (κ1) is 40.3. The molecular formula is C50H71N3O5. The van der Waals surface area contributed by atoms with Crippen LogP contribution in [0.25, 0.3) is 11.3 Å². The molecule has 58 heavy (non-hydrogen) atoms. The highest BCUT2D eigenvalue weighted by Gasteiger charge is 2.74. The van der Waals surface area contributed by atoms with E-state index >= 15 is 4.79 Å². The van der Waals surface area contributed by atoms with Crippen LogP contribution in [0.4, 0.5) is 0 Å². The fraction of sp³-hybridized carbons (Fsp3) is 0.760. The van der Waals surface area contributed by atoms with E-state index in [0.29, 0.717) is 40.9 Å². The van der Waals surface area contributed by atoms with Crippen molar-refractivity contribution in [3.8, 4) is 11.3 Å². The Morgan fingerprint density at radius 3 is 2.28 bits per heavy atom. The van der Waals surface area contributed by atoms with Gasteiger partial charge in [-0.1, -0.05) is 71.9 Å². The third-order valence-corrected chi connectivity index (χ3v) is 19.7. The van der Waals surface area contributed by atoms with Gasteiger partial charge in [0.05, 0.1) is 35.2 Å². The quantitative estimate of drug-likeness (QED) is 0.257. The van der Waals surface area contributed by atoms with Gasteiger partial charge in [-0.25, -0.2) is 4.98 Å². The predicted octanol–water partition coefficient (Wildman–Crippen LogP) is 11.0. The van der Waals surface area contributed by atoms with Crippen molar-refractivity contribution in [2.75, 3.05) is 6.54 Å². The number of benzene rings is 1. The maximum absolute atomic E-state index is 15.6. The molecule has 2 heterocycles. The van der Waals surface area contributed by atoms with Crippen LogP contribution in [0.15, 0.2) is 36.5 Å². The number of carboxylic acid groups (broad SMARTS) is 1. The van der Waals surface area contributed by atoms with Crippen LogP contribution in [0.5, 0.6) is 0 Å². The molecule has 11 atom stereocenters. The molecule has 7 fully saturated rings. The van der Waals surface area contributed by atoms with Gasteiger partial charge in [0.1, 0.15) is 11.9 Å². The minimum absolute atomic E-state index is 0.00811. The van der Waals surface area contributed by atoms with Gasteiger partial charge in [-0.05, 0) is 161 Å². The molecule has 1 aliphatic heterocycles. The smallest absolute Gasteiger partial charge is 0.309 e. The van der Waals surface area contributed by atoms with Crippen molar-refractivity contribution in [2.45, 2.75) is 164 Å². The number of hydrogen-bond acceptors (Lipinski definition) is 5. The number of aromatic nitrogens is 2. The molecule has 6 saturated carbocycles. The number of aromatic amines is 1. The van der Waals surface area contributed by atoms with E-state index < -0.39 is 11.4 Å². The number of aliphatic carboxylic acids is 1. The molecule has 2 N–H and O–H groups in total. The number of carbonyl (C=O) groups excluding carboxylic acids is 2. The average molecular weight is 794 g/mol. The van der Waals surface area contributed by atoms with Gasteiger partial charge in [-0.2, -0.15) is 0 Å². The number of ether oxygens (including phenoxy) is 1. The van der Waals surface area contributed by atoms with Crippen LogP contribution in [-0.2, 0) is 19.1 Å². The number of hydrogen-bond donors (Lipinski definition) is 2. The van der Waals surface area contributed by atoms with Crippen LogP contribution in [0.1, 0.15) is 164 Å². The standard InChI is InChI=1S/C50H71N3O5/c1-44(2,43(56)57)29-39(54)58-38-20-21-47(6)36(45(38,3)4)19-22-49(8)37(47)17-16-33-40-32(46(5)24-25-46)18-23-50(40,27-26-48(33,49)7)42(55)53-28-12-15-35(53)41-51-30-34(52-41)31-13-10-9-11-14-31/h9-11,13-14,30,32-33,35-38,40H,12,15-29H2,1-8H3,(H,51,52)(H,56,57)/t32-,33-,35+,36+,37-,38+,40-,47+,48-,49-,50+/m1/s1. The Kier molecular flexibility index (Phi) is 9.31. The lowest BCUT2D eigenvalue weighted by molar-refractivity contribution is -0.251. The number of H-pyrrole nitrogens is 1. The number of rotatable bonds is 8. The van der Waals surface area contributed by atoms with E-state index in [1.165, 1.54) is 38.5 Å². The van der Waals surface area contributed by atoms with Crippen LogP contribution in [0, 0.1) is 67.5 Å². The maximum Gasteiger partial charge on any atom is 0.309 e. The molecule has 0 unspecified atom stereocenters. The third-order valence-electron chi connectivity index (χ3n) is 19.7. The number of carbonyl (C=O) groups is 3. The van der Waals surface area contributed by atoms with E-state index in [9.17, 15) is 14.7 Å².